The highest BCUT2D eigenvalue weighted by atomic mass is 16.3. The average Bonchev–Trinajstić information content (AvgIpc) is 3.22. The minimum absolute atomic E-state index is 0.0949. The van der Waals surface area contributed by atoms with Crippen LogP contribution in [0.5, 0.6) is 0 Å². The predicted octanol–water partition coefficient (Wildman–Crippen LogP) is 4.48. The molecule has 6 nitrogen and oxygen atoms in total. The van der Waals surface area contributed by atoms with Gasteiger partial charge in [0.25, 0.3) is 11.5 Å². The number of aromatic nitrogens is 2. The van der Waals surface area contributed by atoms with E-state index in [0.29, 0.717) is 23.0 Å². The highest BCUT2D eigenvalue weighted by Gasteiger charge is 2.26. The van der Waals surface area contributed by atoms with Gasteiger partial charge in [-0.3, -0.25) is 9.59 Å². The Balaban J connectivity index is 1.72. The van der Waals surface area contributed by atoms with Gasteiger partial charge >= 0.3 is 0 Å². The van der Waals surface area contributed by atoms with Crippen molar-refractivity contribution in [3.63, 3.8) is 0 Å². The number of carbonyl (C=O) groups is 1. The standard InChI is InChI=1S/C24H21N3O3/c1-25-22(28)18-12-16-10-11-17(14-8-5-9-14)20(21(16)27-23(18)29)19-13-30-24(26-19)15-6-3-2-4-7-15/h2-4,6-7,10-14H,5,8-9H2,1H3,(H,25,28)(H,27,29). The van der Waals surface area contributed by atoms with Gasteiger partial charge in [0.05, 0.1) is 5.52 Å². The van der Waals surface area contributed by atoms with Gasteiger partial charge in [0, 0.05) is 18.2 Å². The van der Waals surface area contributed by atoms with E-state index in [1.54, 1.807) is 12.3 Å². The molecule has 0 spiro atoms. The zero-order valence-corrected chi connectivity index (χ0v) is 16.6. The topological polar surface area (TPSA) is 88.0 Å². The molecule has 0 aliphatic heterocycles. The monoisotopic (exact) mass is 399 g/mol. The first-order valence-corrected chi connectivity index (χ1v) is 10.1. The Morgan fingerprint density at radius 2 is 1.97 bits per heavy atom. The Hall–Kier alpha value is -3.67. The van der Waals surface area contributed by atoms with E-state index in [0.717, 1.165) is 34.9 Å². The summed E-state index contributed by atoms with van der Waals surface area (Å²) in [5.41, 5.74) is 3.98. The van der Waals surface area contributed by atoms with Crippen LogP contribution >= 0.6 is 0 Å². The summed E-state index contributed by atoms with van der Waals surface area (Å²) in [6.07, 6.45) is 5.07. The van der Waals surface area contributed by atoms with Gasteiger partial charge in [-0.2, -0.15) is 0 Å². The van der Waals surface area contributed by atoms with Crippen molar-refractivity contribution in [2.24, 2.45) is 0 Å². The summed E-state index contributed by atoms with van der Waals surface area (Å²) in [5.74, 6) is 0.561. The average molecular weight is 399 g/mol. The molecule has 0 atom stereocenters. The van der Waals surface area contributed by atoms with Crippen molar-refractivity contribution in [2.75, 3.05) is 7.05 Å². The first-order valence-electron chi connectivity index (χ1n) is 10.1. The van der Waals surface area contributed by atoms with Crippen LogP contribution < -0.4 is 10.9 Å². The van der Waals surface area contributed by atoms with Gasteiger partial charge in [-0.15, -0.1) is 0 Å². The molecule has 2 aromatic heterocycles. The van der Waals surface area contributed by atoms with Crippen molar-refractivity contribution in [2.45, 2.75) is 25.2 Å². The number of H-pyrrole nitrogens is 1. The lowest BCUT2D eigenvalue weighted by Gasteiger charge is -2.28. The van der Waals surface area contributed by atoms with Crippen molar-refractivity contribution < 1.29 is 9.21 Å². The minimum Gasteiger partial charge on any atom is -0.444 e. The number of nitrogens with one attached hydrogen (secondary N) is 2. The van der Waals surface area contributed by atoms with E-state index >= 15 is 0 Å². The highest BCUT2D eigenvalue weighted by molar-refractivity contribution is 6.00. The van der Waals surface area contributed by atoms with E-state index in [9.17, 15) is 9.59 Å². The number of nitrogens with zero attached hydrogens (tertiary/aromatic N) is 1. The first kappa shape index (κ1) is 18.4. The van der Waals surface area contributed by atoms with Crippen molar-refractivity contribution >= 4 is 16.8 Å². The number of hydrogen-bond donors (Lipinski definition) is 2. The Kier molecular flexibility index (Phi) is 4.47. The molecular formula is C24H21N3O3. The maximum absolute atomic E-state index is 12.6. The van der Waals surface area contributed by atoms with Gasteiger partial charge in [0.2, 0.25) is 5.89 Å². The van der Waals surface area contributed by atoms with E-state index in [4.69, 9.17) is 9.40 Å². The summed E-state index contributed by atoms with van der Waals surface area (Å²) in [6, 6.07) is 15.4. The lowest BCUT2D eigenvalue weighted by atomic mass is 9.77. The van der Waals surface area contributed by atoms with E-state index in [1.165, 1.54) is 13.5 Å². The molecule has 1 aliphatic carbocycles. The molecule has 0 radical (unpaired) electrons. The van der Waals surface area contributed by atoms with Crippen LogP contribution in [0.3, 0.4) is 0 Å². The van der Waals surface area contributed by atoms with Gasteiger partial charge < -0.3 is 14.7 Å². The summed E-state index contributed by atoms with van der Waals surface area (Å²) in [4.78, 5) is 32.4. The van der Waals surface area contributed by atoms with Crippen LogP contribution in [0.15, 0.2) is 64.0 Å². The summed E-state index contributed by atoms with van der Waals surface area (Å²) < 4.78 is 5.78. The summed E-state index contributed by atoms with van der Waals surface area (Å²) in [6.45, 7) is 0. The Morgan fingerprint density at radius 1 is 1.17 bits per heavy atom. The van der Waals surface area contributed by atoms with E-state index in [1.807, 2.05) is 36.4 Å². The lowest BCUT2D eigenvalue weighted by Crippen LogP contribution is -2.26. The number of pyridine rings is 1. The van der Waals surface area contributed by atoms with Gasteiger partial charge in [0.1, 0.15) is 17.5 Å². The molecule has 6 heteroatoms. The zero-order valence-electron chi connectivity index (χ0n) is 16.6. The first-order chi connectivity index (χ1) is 14.7. The van der Waals surface area contributed by atoms with Crippen molar-refractivity contribution in [1.82, 2.24) is 15.3 Å². The maximum Gasteiger partial charge on any atom is 0.261 e. The fourth-order valence-corrected chi connectivity index (χ4v) is 4.03. The molecule has 5 rings (SSSR count). The second kappa shape index (κ2) is 7.30. The molecule has 1 fully saturated rings. The molecular weight excluding hydrogens is 378 g/mol. The maximum atomic E-state index is 12.6. The van der Waals surface area contributed by atoms with Crippen molar-refractivity contribution in [3.05, 3.63) is 76.3 Å². The number of hydrogen-bond acceptors (Lipinski definition) is 4. The van der Waals surface area contributed by atoms with Gasteiger partial charge in [-0.05, 0) is 47.9 Å². The highest BCUT2D eigenvalue weighted by Crippen LogP contribution is 2.43. The molecule has 30 heavy (non-hydrogen) atoms. The zero-order chi connectivity index (χ0) is 20.7. The molecule has 1 amide bonds. The third-order valence-electron chi connectivity index (χ3n) is 5.85. The lowest BCUT2D eigenvalue weighted by molar-refractivity contribution is 0.0962. The number of carbonyl (C=O) groups excluding carboxylic acids is 1. The van der Waals surface area contributed by atoms with Gasteiger partial charge in [-0.1, -0.05) is 36.8 Å². The molecule has 2 N–H and O–H groups in total. The van der Waals surface area contributed by atoms with E-state index in [2.05, 4.69) is 16.4 Å². The number of fused-ring (bicyclic) bond motifs is 1. The predicted molar refractivity (Wildman–Crippen MR) is 115 cm³/mol. The van der Waals surface area contributed by atoms with Crippen molar-refractivity contribution in [1.29, 1.82) is 0 Å². The SMILES string of the molecule is CNC(=O)c1cc2ccc(C3CCC3)c(-c3coc(-c4ccccc4)n3)c2[nH]c1=O. The minimum atomic E-state index is -0.416. The van der Waals surface area contributed by atoms with Crippen LogP contribution in [-0.2, 0) is 0 Å². The normalized spacial score (nSPS) is 13.9. The number of amides is 1. The summed E-state index contributed by atoms with van der Waals surface area (Å²) in [5, 5.41) is 3.30. The second-order valence-electron chi connectivity index (χ2n) is 7.62. The largest absolute Gasteiger partial charge is 0.444 e. The molecule has 150 valence electrons. The Morgan fingerprint density at radius 3 is 2.67 bits per heavy atom. The summed E-state index contributed by atoms with van der Waals surface area (Å²) >= 11 is 0. The molecule has 0 bridgehead atoms. The fourth-order valence-electron chi connectivity index (χ4n) is 4.03. The van der Waals surface area contributed by atoms with Gasteiger partial charge in [0.15, 0.2) is 0 Å². The van der Waals surface area contributed by atoms with Crippen LogP contribution in [0.2, 0.25) is 0 Å². The van der Waals surface area contributed by atoms with Crippen LogP contribution in [0.4, 0.5) is 0 Å². The molecule has 0 saturated heterocycles. The fraction of sp³-hybridized carbons (Fsp3) is 0.208. The Bertz CT molecular complexity index is 1300. The summed E-state index contributed by atoms with van der Waals surface area (Å²) in [7, 11) is 1.51. The quantitative estimate of drug-likeness (QED) is 0.530. The van der Waals surface area contributed by atoms with E-state index in [-0.39, 0.29) is 5.56 Å². The molecule has 1 saturated carbocycles. The van der Waals surface area contributed by atoms with Gasteiger partial charge in [-0.25, -0.2) is 4.98 Å². The number of oxazole rings is 1. The Labute approximate surface area is 173 Å². The van der Waals surface area contributed by atoms with Crippen LogP contribution in [-0.4, -0.2) is 22.9 Å². The molecule has 2 aromatic carbocycles. The molecule has 0 unspecified atom stereocenters. The van der Waals surface area contributed by atoms with Crippen LogP contribution in [0, 0.1) is 0 Å². The van der Waals surface area contributed by atoms with Crippen LogP contribution in [0.1, 0.15) is 41.1 Å². The third-order valence-corrected chi connectivity index (χ3v) is 5.85. The number of rotatable bonds is 4. The number of aromatic amines is 1. The third kappa shape index (κ3) is 3.01. The second-order valence-corrected chi connectivity index (χ2v) is 7.62. The smallest absolute Gasteiger partial charge is 0.261 e. The molecule has 2 heterocycles. The van der Waals surface area contributed by atoms with E-state index < -0.39 is 11.5 Å². The molecule has 1 aliphatic rings. The van der Waals surface area contributed by atoms with Crippen molar-refractivity contribution in [3.8, 4) is 22.7 Å². The number of benzene rings is 2. The molecule has 4 aromatic rings. The van der Waals surface area contributed by atoms with Crippen LogP contribution in [0.25, 0.3) is 33.6 Å².